The summed E-state index contributed by atoms with van der Waals surface area (Å²) in [5.74, 6) is 0.640. The van der Waals surface area contributed by atoms with E-state index in [1.165, 1.54) is 4.90 Å². The summed E-state index contributed by atoms with van der Waals surface area (Å²) < 4.78 is 0. The van der Waals surface area contributed by atoms with Gasteiger partial charge in [0, 0.05) is 30.5 Å². The Bertz CT molecular complexity index is 421. The first-order valence-corrected chi connectivity index (χ1v) is 6.11. The third kappa shape index (κ3) is 3.09. The van der Waals surface area contributed by atoms with Crippen LogP contribution in [0.15, 0.2) is 6.07 Å². The molecule has 0 saturated carbocycles. The van der Waals surface area contributed by atoms with Crippen molar-refractivity contribution in [3.05, 3.63) is 17.5 Å². The summed E-state index contributed by atoms with van der Waals surface area (Å²) in [7, 11) is 0. The van der Waals surface area contributed by atoms with Crippen LogP contribution in [0.25, 0.3) is 0 Å². The van der Waals surface area contributed by atoms with Crippen molar-refractivity contribution in [1.29, 1.82) is 0 Å². The van der Waals surface area contributed by atoms with Gasteiger partial charge in [0.05, 0.1) is 0 Å². The van der Waals surface area contributed by atoms with Crippen molar-refractivity contribution in [3.8, 4) is 0 Å². The van der Waals surface area contributed by atoms with E-state index in [1.54, 1.807) is 0 Å². The van der Waals surface area contributed by atoms with Crippen LogP contribution >= 0.6 is 0 Å². The van der Waals surface area contributed by atoms with Crippen LogP contribution in [0.4, 0.5) is 10.7 Å². The number of likely N-dealkylation sites (tertiary alicyclic amines) is 1. The molecule has 6 nitrogen and oxygen atoms in total. The molecule has 1 aromatic heterocycles. The maximum absolute atomic E-state index is 10.8. The topological polar surface area (TPSA) is 78.4 Å². The third-order valence-electron chi connectivity index (χ3n) is 3.08. The zero-order valence-corrected chi connectivity index (χ0v) is 10.7. The van der Waals surface area contributed by atoms with Crippen LogP contribution in [-0.2, 0) is 0 Å². The van der Waals surface area contributed by atoms with Crippen LogP contribution in [0, 0.1) is 13.8 Å². The molecule has 0 aromatic carbocycles. The van der Waals surface area contributed by atoms with E-state index in [-0.39, 0.29) is 6.04 Å². The van der Waals surface area contributed by atoms with Gasteiger partial charge in [-0.25, -0.2) is 14.8 Å². The molecule has 0 aliphatic carbocycles. The molecule has 0 bridgehead atoms. The molecule has 6 heteroatoms. The molecular weight excluding hydrogens is 232 g/mol. The molecule has 1 aliphatic rings. The molecule has 2 rings (SSSR count). The van der Waals surface area contributed by atoms with Gasteiger partial charge in [0.2, 0.25) is 5.95 Å². The van der Waals surface area contributed by atoms with Gasteiger partial charge in [-0.1, -0.05) is 0 Å². The third-order valence-corrected chi connectivity index (χ3v) is 3.08. The van der Waals surface area contributed by atoms with Gasteiger partial charge >= 0.3 is 6.09 Å². The van der Waals surface area contributed by atoms with E-state index in [2.05, 4.69) is 15.3 Å². The highest BCUT2D eigenvalue weighted by Gasteiger charge is 2.22. The minimum atomic E-state index is -0.837. The van der Waals surface area contributed by atoms with E-state index in [1.807, 2.05) is 19.9 Å². The lowest BCUT2D eigenvalue weighted by atomic mass is 10.1. The van der Waals surface area contributed by atoms with E-state index in [4.69, 9.17) is 5.11 Å². The predicted molar refractivity (Wildman–Crippen MR) is 67.7 cm³/mol. The number of aromatic nitrogens is 2. The van der Waals surface area contributed by atoms with Crippen molar-refractivity contribution in [2.24, 2.45) is 0 Å². The number of hydrogen-bond donors (Lipinski definition) is 2. The Balaban J connectivity index is 1.93. The van der Waals surface area contributed by atoms with Crippen molar-refractivity contribution < 1.29 is 9.90 Å². The molecule has 1 amide bonds. The van der Waals surface area contributed by atoms with Gasteiger partial charge in [0.1, 0.15) is 0 Å². The number of piperidine rings is 1. The van der Waals surface area contributed by atoms with Gasteiger partial charge in [-0.2, -0.15) is 0 Å². The Morgan fingerprint density at radius 3 is 2.39 bits per heavy atom. The van der Waals surface area contributed by atoms with E-state index < -0.39 is 6.09 Å². The SMILES string of the molecule is Cc1cc(C)nc(NC2CCN(C(=O)O)CC2)n1. The number of anilines is 1. The summed E-state index contributed by atoms with van der Waals surface area (Å²) in [5, 5.41) is 12.1. The molecule has 0 atom stereocenters. The Hall–Kier alpha value is -1.85. The maximum Gasteiger partial charge on any atom is 0.407 e. The van der Waals surface area contributed by atoms with Gasteiger partial charge in [-0.3, -0.25) is 0 Å². The van der Waals surface area contributed by atoms with Crippen molar-refractivity contribution in [1.82, 2.24) is 14.9 Å². The molecule has 98 valence electrons. The fraction of sp³-hybridized carbons (Fsp3) is 0.583. The Kier molecular flexibility index (Phi) is 3.64. The molecule has 18 heavy (non-hydrogen) atoms. The Morgan fingerprint density at radius 1 is 1.33 bits per heavy atom. The van der Waals surface area contributed by atoms with Crippen molar-refractivity contribution >= 4 is 12.0 Å². The van der Waals surface area contributed by atoms with Crippen LogP contribution in [0.2, 0.25) is 0 Å². The van der Waals surface area contributed by atoms with E-state index in [0.717, 1.165) is 24.2 Å². The first-order chi connectivity index (χ1) is 8.54. The largest absolute Gasteiger partial charge is 0.465 e. The lowest BCUT2D eigenvalue weighted by Crippen LogP contribution is -2.41. The smallest absolute Gasteiger partial charge is 0.407 e. The first kappa shape index (κ1) is 12.6. The molecule has 0 spiro atoms. The number of nitrogens with zero attached hydrogens (tertiary/aromatic N) is 3. The molecule has 0 unspecified atom stereocenters. The fourth-order valence-corrected chi connectivity index (χ4v) is 2.19. The summed E-state index contributed by atoms with van der Waals surface area (Å²) in [5.41, 5.74) is 1.88. The molecule has 1 fully saturated rings. The van der Waals surface area contributed by atoms with Crippen LogP contribution < -0.4 is 5.32 Å². The molecule has 2 N–H and O–H groups in total. The zero-order valence-electron chi connectivity index (χ0n) is 10.7. The first-order valence-electron chi connectivity index (χ1n) is 6.11. The second kappa shape index (κ2) is 5.20. The van der Waals surface area contributed by atoms with Gasteiger partial charge in [0.15, 0.2) is 0 Å². The normalized spacial score (nSPS) is 16.7. The fourth-order valence-electron chi connectivity index (χ4n) is 2.19. The summed E-state index contributed by atoms with van der Waals surface area (Å²) >= 11 is 0. The summed E-state index contributed by atoms with van der Waals surface area (Å²) in [6.07, 6.45) is 0.752. The maximum atomic E-state index is 10.8. The van der Waals surface area contributed by atoms with Crippen LogP contribution in [0.5, 0.6) is 0 Å². The monoisotopic (exact) mass is 250 g/mol. The summed E-state index contributed by atoms with van der Waals surface area (Å²) in [6, 6.07) is 2.18. The number of carbonyl (C=O) groups is 1. The summed E-state index contributed by atoms with van der Waals surface area (Å²) in [4.78, 5) is 20.9. The quantitative estimate of drug-likeness (QED) is 0.834. The zero-order chi connectivity index (χ0) is 13.1. The van der Waals surface area contributed by atoms with E-state index >= 15 is 0 Å². The molecule has 1 aliphatic heterocycles. The van der Waals surface area contributed by atoms with E-state index in [0.29, 0.717) is 19.0 Å². The molecule has 2 heterocycles. The van der Waals surface area contributed by atoms with E-state index in [9.17, 15) is 4.79 Å². The second-order valence-corrected chi connectivity index (χ2v) is 4.66. The standard InChI is InChI=1S/C12H18N4O2/c1-8-7-9(2)14-11(13-8)15-10-3-5-16(6-4-10)12(17)18/h7,10H,3-6H2,1-2H3,(H,17,18)(H,13,14,15). The van der Waals surface area contributed by atoms with Gasteiger partial charge < -0.3 is 15.3 Å². The average molecular weight is 250 g/mol. The number of nitrogens with one attached hydrogen (secondary N) is 1. The highest BCUT2D eigenvalue weighted by atomic mass is 16.4. The molecular formula is C12H18N4O2. The van der Waals surface area contributed by atoms with Gasteiger partial charge in [-0.15, -0.1) is 0 Å². The Labute approximate surface area is 106 Å². The van der Waals surface area contributed by atoms with Gasteiger partial charge in [-0.05, 0) is 32.8 Å². The van der Waals surface area contributed by atoms with Gasteiger partial charge in [0.25, 0.3) is 0 Å². The lowest BCUT2D eigenvalue weighted by molar-refractivity contribution is 0.133. The number of carboxylic acid groups (broad SMARTS) is 1. The van der Waals surface area contributed by atoms with Crippen LogP contribution in [0.1, 0.15) is 24.2 Å². The van der Waals surface area contributed by atoms with Crippen LogP contribution in [-0.4, -0.2) is 45.2 Å². The van der Waals surface area contributed by atoms with Crippen molar-refractivity contribution in [2.45, 2.75) is 32.7 Å². The molecule has 1 saturated heterocycles. The molecule has 0 radical (unpaired) electrons. The van der Waals surface area contributed by atoms with Crippen molar-refractivity contribution in [2.75, 3.05) is 18.4 Å². The summed E-state index contributed by atoms with van der Waals surface area (Å²) in [6.45, 7) is 5.01. The predicted octanol–water partition coefficient (Wildman–Crippen LogP) is 1.65. The second-order valence-electron chi connectivity index (χ2n) is 4.66. The molecule has 1 aromatic rings. The highest BCUT2D eigenvalue weighted by molar-refractivity contribution is 5.65. The minimum absolute atomic E-state index is 0.252. The highest BCUT2D eigenvalue weighted by Crippen LogP contribution is 2.14. The number of aryl methyl sites for hydroxylation is 2. The number of rotatable bonds is 2. The minimum Gasteiger partial charge on any atom is -0.465 e. The van der Waals surface area contributed by atoms with Crippen molar-refractivity contribution in [3.63, 3.8) is 0 Å². The number of amides is 1. The Morgan fingerprint density at radius 2 is 1.89 bits per heavy atom. The number of hydrogen-bond acceptors (Lipinski definition) is 4. The average Bonchev–Trinajstić information content (AvgIpc) is 2.28. The van der Waals surface area contributed by atoms with Crippen LogP contribution in [0.3, 0.4) is 0 Å². The lowest BCUT2D eigenvalue weighted by Gasteiger charge is -2.30.